The van der Waals surface area contributed by atoms with Crippen LogP contribution in [-0.4, -0.2) is 18.3 Å². The molecule has 1 spiro atoms. The Labute approximate surface area is 78.9 Å². The summed E-state index contributed by atoms with van der Waals surface area (Å²) in [7, 11) is 0. The molecule has 1 aliphatic carbocycles. The van der Waals surface area contributed by atoms with Gasteiger partial charge < -0.3 is 16.5 Å². The number of nitrogens with two attached hydrogens (primary N) is 1. The summed E-state index contributed by atoms with van der Waals surface area (Å²) in [5.74, 6) is 0.466. The molecular weight excluding hydrogens is 162 g/mol. The summed E-state index contributed by atoms with van der Waals surface area (Å²) in [5.41, 5.74) is 6.93. The molecule has 0 aromatic carbocycles. The third-order valence-electron chi connectivity index (χ3n) is 3.38. The third kappa shape index (κ3) is 1.61. The lowest BCUT2D eigenvalue weighted by Crippen LogP contribution is -2.41. The minimum atomic E-state index is 0.466. The minimum Gasteiger partial charge on any atom is -0.404 e. The van der Waals surface area contributed by atoms with E-state index in [1.54, 1.807) is 6.20 Å². The SMILES string of the molecule is N=C/C(=C\N)C1CCC2(CC2)NC1. The van der Waals surface area contributed by atoms with Crippen molar-refractivity contribution in [2.45, 2.75) is 31.2 Å². The summed E-state index contributed by atoms with van der Waals surface area (Å²) >= 11 is 0. The van der Waals surface area contributed by atoms with Gasteiger partial charge in [0.15, 0.2) is 0 Å². The largest absolute Gasteiger partial charge is 0.404 e. The second-order valence-corrected chi connectivity index (χ2v) is 4.21. The highest BCUT2D eigenvalue weighted by Gasteiger charge is 2.44. The topological polar surface area (TPSA) is 61.9 Å². The second kappa shape index (κ2) is 3.14. The van der Waals surface area contributed by atoms with E-state index in [0.717, 1.165) is 12.1 Å². The molecule has 2 fully saturated rings. The Morgan fingerprint density at radius 3 is 2.62 bits per heavy atom. The van der Waals surface area contributed by atoms with Crippen molar-refractivity contribution in [3.05, 3.63) is 11.8 Å². The minimum absolute atomic E-state index is 0.466. The van der Waals surface area contributed by atoms with Crippen LogP contribution in [0, 0.1) is 11.3 Å². The molecule has 0 bridgehead atoms. The highest BCUT2D eigenvalue weighted by molar-refractivity contribution is 5.76. The van der Waals surface area contributed by atoms with Crippen molar-refractivity contribution in [1.29, 1.82) is 5.41 Å². The Hall–Kier alpha value is -0.830. The monoisotopic (exact) mass is 179 g/mol. The fraction of sp³-hybridized carbons (Fsp3) is 0.700. The Kier molecular flexibility index (Phi) is 2.12. The van der Waals surface area contributed by atoms with Gasteiger partial charge in [-0.05, 0) is 43.4 Å². The standard InChI is InChI=1S/C10H17N3/c11-5-9(6-12)8-1-2-10(3-4-10)13-7-8/h5-6,8,11,13H,1-4,7,12H2/b9-6+,11-5?. The zero-order valence-electron chi connectivity index (χ0n) is 7.84. The van der Waals surface area contributed by atoms with Crippen LogP contribution >= 0.6 is 0 Å². The van der Waals surface area contributed by atoms with Crippen molar-refractivity contribution >= 4 is 6.21 Å². The van der Waals surface area contributed by atoms with Crippen LogP contribution in [-0.2, 0) is 0 Å². The van der Waals surface area contributed by atoms with Gasteiger partial charge in [-0.1, -0.05) is 0 Å². The number of hydrogen-bond donors (Lipinski definition) is 3. The van der Waals surface area contributed by atoms with Gasteiger partial charge in [0.25, 0.3) is 0 Å². The van der Waals surface area contributed by atoms with E-state index in [9.17, 15) is 0 Å². The van der Waals surface area contributed by atoms with Crippen molar-refractivity contribution in [1.82, 2.24) is 5.32 Å². The summed E-state index contributed by atoms with van der Waals surface area (Å²) in [4.78, 5) is 0. The predicted octanol–water partition coefficient (Wildman–Crippen LogP) is 1.01. The van der Waals surface area contributed by atoms with Gasteiger partial charge in [0.2, 0.25) is 0 Å². The summed E-state index contributed by atoms with van der Waals surface area (Å²) < 4.78 is 0. The quantitative estimate of drug-likeness (QED) is 0.554. The molecule has 1 aliphatic heterocycles. The average molecular weight is 179 g/mol. The Bertz CT molecular complexity index is 231. The van der Waals surface area contributed by atoms with Gasteiger partial charge in [-0.3, -0.25) is 0 Å². The zero-order chi connectivity index (χ0) is 9.31. The lowest BCUT2D eigenvalue weighted by Gasteiger charge is -2.30. The fourth-order valence-corrected chi connectivity index (χ4v) is 2.14. The molecule has 2 rings (SSSR count). The molecule has 0 aromatic heterocycles. The molecule has 2 aliphatic rings. The fourth-order valence-electron chi connectivity index (χ4n) is 2.14. The maximum Gasteiger partial charge on any atom is 0.0227 e. The second-order valence-electron chi connectivity index (χ2n) is 4.21. The van der Waals surface area contributed by atoms with E-state index in [0.29, 0.717) is 11.5 Å². The smallest absolute Gasteiger partial charge is 0.0227 e. The highest BCUT2D eigenvalue weighted by atomic mass is 15.0. The summed E-state index contributed by atoms with van der Waals surface area (Å²) in [5, 5.41) is 10.8. The van der Waals surface area contributed by atoms with E-state index in [4.69, 9.17) is 11.1 Å². The van der Waals surface area contributed by atoms with E-state index in [2.05, 4.69) is 5.32 Å². The first-order valence-corrected chi connectivity index (χ1v) is 4.97. The van der Waals surface area contributed by atoms with Gasteiger partial charge in [-0.2, -0.15) is 0 Å². The van der Waals surface area contributed by atoms with Crippen molar-refractivity contribution < 1.29 is 0 Å². The maximum atomic E-state index is 7.21. The van der Waals surface area contributed by atoms with Crippen LogP contribution in [0.2, 0.25) is 0 Å². The molecule has 1 saturated carbocycles. The van der Waals surface area contributed by atoms with Crippen molar-refractivity contribution in [3.63, 3.8) is 0 Å². The first-order chi connectivity index (χ1) is 6.29. The molecule has 13 heavy (non-hydrogen) atoms. The van der Waals surface area contributed by atoms with Crippen LogP contribution < -0.4 is 11.1 Å². The first-order valence-electron chi connectivity index (χ1n) is 4.97. The molecular formula is C10H17N3. The van der Waals surface area contributed by atoms with Crippen LogP contribution in [0.4, 0.5) is 0 Å². The Morgan fingerprint density at radius 1 is 1.46 bits per heavy atom. The van der Waals surface area contributed by atoms with Crippen LogP contribution in [0.1, 0.15) is 25.7 Å². The lowest BCUT2D eigenvalue weighted by molar-refractivity contribution is 0.329. The van der Waals surface area contributed by atoms with Gasteiger partial charge in [0.1, 0.15) is 0 Å². The number of rotatable bonds is 2. The van der Waals surface area contributed by atoms with Crippen LogP contribution in [0.25, 0.3) is 0 Å². The molecule has 0 aromatic rings. The van der Waals surface area contributed by atoms with Gasteiger partial charge in [0, 0.05) is 18.3 Å². The van der Waals surface area contributed by atoms with E-state index >= 15 is 0 Å². The first kappa shape index (κ1) is 8.75. The molecule has 4 N–H and O–H groups in total. The van der Waals surface area contributed by atoms with Crippen molar-refractivity contribution in [2.75, 3.05) is 6.54 Å². The zero-order valence-corrected chi connectivity index (χ0v) is 7.84. The van der Waals surface area contributed by atoms with E-state index < -0.39 is 0 Å². The van der Waals surface area contributed by atoms with Gasteiger partial charge in [0.05, 0.1) is 0 Å². The third-order valence-corrected chi connectivity index (χ3v) is 3.38. The molecule has 3 nitrogen and oxygen atoms in total. The van der Waals surface area contributed by atoms with Crippen LogP contribution in [0.15, 0.2) is 11.8 Å². The average Bonchev–Trinajstić information content (AvgIpc) is 2.91. The molecule has 72 valence electrons. The summed E-state index contributed by atoms with van der Waals surface area (Å²) in [6, 6.07) is 0. The van der Waals surface area contributed by atoms with Gasteiger partial charge in [-0.25, -0.2) is 0 Å². The van der Waals surface area contributed by atoms with Crippen molar-refractivity contribution in [3.8, 4) is 0 Å². The molecule has 1 unspecified atom stereocenters. The molecule has 1 heterocycles. The lowest BCUT2D eigenvalue weighted by atomic mass is 9.88. The predicted molar refractivity (Wildman–Crippen MR) is 53.7 cm³/mol. The van der Waals surface area contributed by atoms with Gasteiger partial charge in [-0.15, -0.1) is 0 Å². The summed E-state index contributed by atoms with van der Waals surface area (Å²) in [6.45, 7) is 0.998. The molecule has 1 atom stereocenters. The summed E-state index contributed by atoms with van der Waals surface area (Å²) in [6.07, 6.45) is 8.08. The van der Waals surface area contributed by atoms with Crippen LogP contribution in [0.5, 0.6) is 0 Å². The van der Waals surface area contributed by atoms with Crippen molar-refractivity contribution in [2.24, 2.45) is 11.7 Å². The number of nitrogens with one attached hydrogen (secondary N) is 2. The van der Waals surface area contributed by atoms with Gasteiger partial charge >= 0.3 is 0 Å². The van der Waals surface area contributed by atoms with E-state index in [1.807, 2.05) is 0 Å². The maximum absolute atomic E-state index is 7.21. The highest BCUT2D eigenvalue weighted by Crippen LogP contribution is 2.43. The number of hydrogen-bond acceptors (Lipinski definition) is 3. The molecule has 1 saturated heterocycles. The molecule has 0 radical (unpaired) electrons. The number of piperidine rings is 1. The van der Waals surface area contributed by atoms with Crippen LogP contribution in [0.3, 0.4) is 0 Å². The molecule has 0 amide bonds. The Morgan fingerprint density at radius 2 is 2.23 bits per heavy atom. The van der Waals surface area contributed by atoms with E-state index in [-0.39, 0.29) is 0 Å². The van der Waals surface area contributed by atoms with E-state index in [1.165, 1.54) is 31.9 Å². The Balaban J connectivity index is 1.93. The normalized spacial score (nSPS) is 31.7. The molecule has 3 heteroatoms.